The van der Waals surface area contributed by atoms with Crippen molar-refractivity contribution in [3.63, 3.8) is 0 Å². The standard InChI is InChI=1S/C25H31Cl2N5O4/c1-15(16-7-10-36-11-8-16)29-21-6-5-19(26)23(30-21)18-12-22(28-13-20(18)27)31-24(33)17-4-3-9-32(14-17)25(34)35-2/h5-6,12-13,15-17H,3-4,7-11,14H2,1-2H3,(H,29,30)(H,28,31,33)/t15-,17+/m1/s1. The van der Waals surface area contributed by atoms with Gasteiger partial charge >= 0.3 is 6.09 Å². The van der Waals surface area contributed by atoms with Gasteiger partial charge in [0.25, 0.3) is 0 Å². The third kappa shape index (κ3) is 6.38. The molecule has 2 aliphatic heterocycles. The van der Waals surface area contributed by atoms with Crippen molar-refractivity contribution in [2.75, 3.05) is 44.0 Å². The zero-order valence-corrected chi connectivity index (χ0v) is 21.9. The fourth-order valence-corrected chi connectivity index (χ4v) is 5.08. The maximum atomic E-state index is 12.9. The minimum absolute atomic E-state index is 0.218. The molecule has 0 saturated carbocycles. The molecule has 2 saturated heterocycles. The Morgan fingerprint density at radius 3 is 2.69 bits per heavy atom. The average molecular weight is 536 g/mol. The summed E-state index contributed by atoms with van der Waals surface area (Å²) in [6.07, 6.45) is 4.44. The van der Waals surface area contributed by atoms with Crippen LogP contribution in [-0.2, 0) is 14.3 Å². The summed E-state index contributed by atoms with van der Waals surface area (Å²) in [6, 6.07) is 5.51. The quantitative estimate of drug-likeness (QED) is 0.530. The van der Waals surface area contributed by atoms with Crippen LogP contribution < -0.4 is 10.6 Å². The summed E-state index contributed by atoms with van der Waals surface area (Å²) in [6.45, 7) is 4.57. The first-order valence-corrected chi connectivity index (χ1v) is 12.9. The summed E-state index contributed by atoms with van der Waals surface area (Å²) >= 11 is 13.0. The summed E-state index contributed by atoms with van der Waals surface area (Å²) in [5.74, 6) is 0.947. The monoisotopic (exact) mass is 535 g/mol. The van der Waals surface area contributed by atoms with Crippen LogP contribution >= 0.6 is 23.2 Å². The molecule has 0 aliphatic carbocycles. The van der Waals surface area contributed by atoms with Crippen LogP contribution in [0.3, 0.4) is 0 Å². The fourth-order valence-electron chi connectivity index (χ4n) is 4.68. The smallest absolute Gasteiger partial charge is 0.409 e. The van der Waals surface area contributed by atoms with E-state index < -0.39 is 6.09 Å². The molecule has 0 spiro atoms. The molecule has 2 aromatic rings. The Bertz CT molecular complexity index is 1100. The number of nitrogens with zero attached hydrogens (tertiary/aromatic N) is 3. The highest BCUT2D eigenvalue weighted by Gasteiger charge is 2.29. The maximum absolute atomic E-state index is 12.9. The molecule has 2 fully saturated rings. The molecule has 4 heterocycles. The predicted octanol–water partition coefficient (Wildman–Crippen LogP) is 5.09. The first kappa shape index (κ1) is 26.4. The van der Waals surface area contributed by atoms with E-state index in [1.807, 2.05) is 6.07 Å². The van der Waals surface area contributed by atoms with Crippen LogP contribution in [0, 0.1) is 11.8 Å². The number of hydrogen-bond acceptors (Lipinski definition) is 7. The third-order valence-electron chi connectivity index (χ3n) is 6.78. The molecule has 36 heavy (non-hydrogen) atoms. The van der Waals surface area contributed by atoms with Crippen LogP contribution in [0.1, 0.15) is 32.6 Å². The summed E-state index contributed by atoms with van der Waals surface area (Å²) in [5, 5.41) is 7.13. The minimum Gasteiger partial charge on any atom is -0.453 e. The van der Waals surface area contributed by atoms with E-state index in [0.29, 0.717) is 58.4 Å². The number of nitrogens with one attached hydrogen (secondary N) is 2. The lowest BCUT2D eigenvalue weighted by molar-refractivity contribution is -0.121. The van der Waals surface area contributed by atoms with Crippen molar-refractivity contribution < 1.29 is 19.1 Å². The van der Waals surface area contributed by atoms with Crippen molar-refractivity contribution in [1.82, 2.24) is 14.9 Å². The van der Waals surface area contributed by atoms with Crippen molar-refractivity contribution in [3.05, 3.63) is 34.4 Å². The predicted molar refractivity (Wildman–Crippen MR) is 139 cm³/mol. The van der Waals surface area contributed by atoms with Gasteiger partial charge in [-0.2, -0.15) is 0 Å². The molecule has 2 aromatic heterocycles. The minimum atomic E-state index is -0.431. The number of methoxy groups -OCH3 is 1. The van der Waals surface area contributed by atoms with Crippen LogP contribution in [0.5, 0.6) is 0 Å². The van der Waals surface area contributed by atoms with Crippen molar-refractivity contribution in [1.29, 1.82) is 0 Å². The van der Waals surface area contributed by atoms with Crippen LogP contribution in [0.25, 0.3) is 11.3 Å². The van der Waals surface area contributed by atoms with Crippen LogP contribution in [0.2, 0.25) is 10.0 Å². The van der Waals surface area contributed by atoms with Crippen molar-refractivity contribution in [2.45, 2.75) is 38.6 Å². The number of aromatic nitrogens is 2. The zero-order valence-electron chi connectivity index (χ0n) is 20.4. The second-order valence-corrected chi connectivity index (χ2v) is 10.0. The van der Waals surface area contributed by atoms with Gasteiger partial charge in [0.2, 0.25) is 5.91 Å². The first-order chi connectivity index (χ1) is 17.4. The molecule has 0 radical (unpaired) electrons. The molecule has 2 N–H and O–H groups in total. The number of amides is 2. The number of carbonyl (C=O) groups excluding carboxylic acids is 2. The molecule has 11 heteroatoms. The molecular formula is C25H31Cl2N5O4. The molecular weight excluding hydrogens is 505 g/mol. The maximum Gasteiger partial charge on any atom is 0.409 e. The van der Waals surface area contributed by atoms with E-state index >= 15 is 0 Å². The number of ether oxygens (including phenoxy) is 2. The Kier molecular flexibility index (Phi) is 8.87. The Morgan fingerprint density at radius 1 is 1.17 bits per heavy atom. The lowest BCUT2D eigenvalue weighted by Crippen LogP contribution is -2.43. The van der Waals surface area contributed by atoms with Crippen molar-refractivity contribution in [2.24, 2.45) is 11.8 Å². The van der Waals surface area contributed by atoms with E-state index in [9.17, 15) is 9.59 Å². The van der Waals surface area contributed by atoms with Crippen molar-refractivity contribution >= 4 is 46.8 Å². The lowest BCUT2D eigenvalue weighted by atomic mass is 9.93. The van der Waals surface area contributed by atoms with Gasteiger partial charge in [0.1, 0.15) is 11.6 Å². The molecule has 2 aliphatic rings. The van der Waals surface area contributed by atoms with Gasteiger partial charge in [0, 0.05) is 44.1 Å². The normalized spacial score (nSPS) is 19.4. The van der Waals surface area contributed by atoms with Gasteiger partial charge in [-0.1, -0.05) is 23.2 Å². The lowest BCUT2D eigenvalue weighted by Gasteiger charge is -2.30. The average Bonchev–Trinajstić information content (AvgIpc) is 2.91. The van der Waals surface area contributed by atoms with Gasteiger partial charge in [-0.25, -0.2) is 14.8 Å². The largest absolute Gasteiger partial charge is 0.453 e. The number of pyridine rings is 2. The fraction of sp³-hybridized carbons (Fsp3) is 0.520. The molecule has 0 aromatic carbocycles. The topological polar surface area (TPSA) is 106 Å². The molecule has 0 unspecified atom stereocenters. The van der Waals surface area contributed by atoms with E-state index in [1.54, 1.807) is 12.1 Å². The second kappa shape index (κ2) is 12.1. The highest BCUT2D eigenvalue weighted by molar-refractivity contribution is 6.36. The Balaban J connectivity index is 1.49. The summed E-state index contributed by atoms with van der Waals surface area (Å²) in [4.78, 5) is 35.3. The molecule has 4 rings (SSSR count). The molecule has 2 atom stereocenters. The summed E-state index contributed by atoms with van der Waals surface area (Å²) in [5.41, 5.74) is 1.06. The number of halogens is 2. The first-order valence-electron chi connectivity index (χ1n) is 12.2. The summed E-state index contributed by atoms with van der Waals surface area (Å²) < 4.78 is 10.3. The van der Waals surface area contributed by atoms with Crippen LogP contribution in [0.15, 0.2) is 24.4 Å². The Labute approximate surface area is 220 Å². The number of rotatable bonds is 6. The van der Waals surface area contributed by atoms with Crippen LogP contribution in [-0.4, -0.2) is 66.3 Å². The molecule has 0 bridgehead atoms. The number of carbonyl (C=O) groups is 2. The number of anilines is 2. The Hall–Kier alpha value is -2.62. The highest BCUT2D eigenvalue weighted by atomic mass is 35.5. The Morgan fingerprint density at radius 2 is 1.94 bits per heavy atom. The van der Waals surface area contributed by atoms with E-state index in [2.05, 4.69) is 22.5 Å². The second-order valence-electron chi connectivity index (χ2n) is 9.20. The van der Waals surface area contributed by atoms with E-state index in [1.165, 1.54) is 18.2 Å². The van der Waals surface area contributed by atoms with E-state index in [-0.39, 0.29) is 17.9 Å². The number of likely N-dealkylation sites (tertiary alicyclic amines) is 1. The van der Waals surface area contributed by atoms with Gasteiger partial charge < -0.3 is 25.0 Å². The van der Waals surface area contributed by atoms with Gasteiger partial charge in [-0.15, -0.1) is 0 Å². The number of piperidine rings is 1. The van der Waals surface area contributed by atoms with Gasteiger partial charge in [0.05, 0.1) is 28.8 Å². The zero-order chi connectivity index (χ0) is 25.7. The molecule has 2 amide bonds. The number of hydrogen-bond donors (Lipinski definition) is 2. The van der Waals surface area contributed by atoms with Crippen LogP contribution in [0.4, 0.5) is 16.4 Å². The summed E-state index contributed by atoms with van der Waals surface area (Å²) in [7, 11) is 1.33. The van der Waals surface area contributed by atoms with E-state index in [0.717, 1.165) is 32.5 Å². The van der Waals surface area contributed by atoms with E-state index in [4.69, 9.17) is 37.7 Å². The molecule has 9 nitrogen and oxygen atoms in total. The third-order valence-corrected chi connectivity index (χ3v) is 7.39. The highest BCUT2D eigenvalue weighted by Crippen LogP contribution is 2.34. The van der Waals surface area contributed by atoms with Gasteiger partial charge in [-0.3, -0.25) is 4.79 Å². The van der Waals surface area contributed by atoms with Gasteiger partial charge in [-0.05, 0) is 56.7 Å². The van der Waals surface area contributed by atoms with Gasteiger partial charge in [0.15, 0.2) is 0 Å². The molecule has 194 valence electrons. The SMILES string of the molecule is COC(=O)N1CCC[C@H](C(=O)Nc2cc(-c3nc(N[C@H](C)C4CCOCC4)ccc3Cl)c(Cl)cn2)C1. The van der Waals surface area contributed by atoms with Crippen molar-refractivity contribution in [3.8, 4) is 11.3 Å².